The number of hydrogen-bond acceptors (Lipinski definition) is 18. The second kappa shape index (κ2) is 36.8. The van der Waals surface area contributed by atoms with Crippen molar-refractivity contribution in [2.75, 3.05) is 129 Å². The second-order valence-corrected chi connectivity index (χ2v) is 22.7. The SMILES string of the molecule is CNc1cc(C(=O)NCCCOCCOCCOCCCNC(=O)CN(C)C(=O)CCCCC2SCC3NC(=O)NC32)cc(C(=O)Nc2ccc(CC(CN(CC(=O)O)C3CCCCC3N(CC(=O)O)CC(=O)O)N(CC(=O)O)CC(=O)O)cc2)c1. The van der Waals surface area contributed by atoms with E-state index in [1.165, 1.54) is 25.7 Å². The van der Waals surface area contributed by atoms with E-state index in [1.807, 2.05) is 11.8 Å². The summed E-state index contributed by atoms with van der Waals surface area (Å²) in [5.74, 6) is -6.86. The quantitative estimate of drug-likeness (QED) is 0.0330. The van der Waals surface area contributed by atoms with Crippen molar-refractivity contribution in [3.63, 3.8) is 0 Å². The summed E-state index contributed by atoms with van der Waals surface area (Å²) < 4.78 is 16.8. The lowest BCUT2D eigenvalue weighted by atomic mass is 9.87. The number of thioether (sulfide) groups is 1. The minimum Gasteiger partial charge on any atom is -0.480 e. The summed E-state index contributed by atoms with van der Waals surface area (Å²) in [6, 6.07) is 8.97. The van der Waals surface area contributed by atoms with Crippen molar-refractivity contribution in [2.24, 2.45) is 0 Å². The van der Waals surface area contributed by atoms with Crippen molar-refractivity contribution in [2.45, 2.75) is 106 Å². The molecule has 2 heterocycles. The lowest BCUT2D eigenvalue weighted by molar-refractivity contribution is -0.146. The predicted octanol–water partition coefficient (Wildman–Crippen LogP) is 1.39. The molecule has 1 aliphatic carbocycles. The van der Waals surface area contributed by atoms with Gasteiger partial charge in [0.1, 0.15) is 0 Å². The van der Waals surface area contributed by atoms with Gasteiger partial charge in [0.2, 0.25) is 11.8 Å². The fraction of sp³-hybridized carbons (Fsp3) is 0.614. The number of urea groups is 1. The van der Waals surface area contributed by atoms with E-state index in [0.717, 1.165) is 25.0 Å². The molecule has 29 heteroatoms. The van der Waals surface area contributed by atoms with Crippen LogP contribution in [-0.2, 0) is 54.2 Å². The number of likely N-dealkylation sites (N-methyl/N-ethyl adjacent to an activating group) is 1. The van der Waals surface area contributed by atoms with Gasteiger partial charge in [0.25, 0.3) is 11.8 Å². The van der Waals surface area contributed by atoms with Gasteiger partial charge in [-0.2, -0.15) is 11.8 Å². The number of unbranched alkanes of at least 4 members (excludes halogenated alkanes) is 1. The molecule has 11 N–H and O–H groups in total. The lowest BCUT2D eigenvalue weighted by Crippen LogP contribution is -2.59. The number of fused-ring (bicyclic) bond motifs is 1. The molecule has 2 aromatic rings. The highest BCUT2D eigenvalue weighted by Crippen LogP contribution is 2.33. The maximum Gasteiger partial charge on any atom is 0.317 e. The Balaban J connectivity index is 0.992. The monoisotopic (exact) mass is 1230 g/mol. The summed E-state index contributed by atoms with van der Waals surface area (Å²) >= 11 is 1.85. The first-order chi connectivity index (χ1) is 41.2. The highest BCUT2D eigenvalue weighted by molar-refractivity contribution is 8.00. The Labute approximate surface area is 503 Å². The standard InChI is InChI=1S/C57H84N10O18S/c1-58-41-27-38(55(80)60-18-8-20-84-22-24-85-23-21-83-19-7-17-59-47(68)30-64(2)48(69)12-6-5-11-46-54-43(36-86-46)62-57(82)63-54)26-39(28-41)56(81)61-40-15-13-37(14-16-40)25-42(65(31-49(70)71)32-50(72)73)29-66(33-51(74)75)44-9-3-4-10-45(44)67(34-52(76)77)35-53(78)79/h13-16,26-28,42-46,54,58H,3-12,17-25,29-36H2,1-2H3,(H,59,68)(H,60,80)(H,61,81)(H,70,71)(H,72,73)(H,74,75)(H,76,77)(H,78,79)(H2,62,63,82). The summed E-state index contributed by atoms with van der Waals surface area (Å²) in [5.41, 5.74) is 1.80. The molecule has 6 atom stereocenters. The average Bonchev–Trinajstić information content (AvgIpc) is 3.93. The van der Waals surface area contributed by atoms with Crippen LogP contribution in [0.3, 0.4) is 0 Å². The number of hydrogen-bond donors (Lipinski definition) is 11. The molecule has 0 radical (unpaired) electrons. The summed E-state index contributed by atoms with van der Waals surface area (Å²) in [4.78, 5) is 129. The Hall–Kier alpha value is -7.15. The minimum absolute atomic E-state index is 0.0162. The number of ether oxygens (including phenoxy) is 3. The van der Waals surface area contributed by atoms with Crippen molar-refractivity contribution in [3.05, 3.63) is 59.2 Å². The normalized spacial score (nSPS) is 18.4. The van der Waals surface area contributed by atoms with Crippen LogP contribution < -0.4 is 31.9 Å². The first kappa shape index (κ1) is 69.6. The fourth-order valence-corrected chi connectivity index (χ4v) is 12.3. The number of carboxylic acids is 5. The van der Waals surface area contributed by atoms with Crippen LogP contribution in [0.25, 0.3) is 0 Å². The molecule has 6 amide bonds. The predicted molar refractivity (Wildman–Crippen MR) is 315 cm³/mol. The highest BCUT2D eigenvalue weighted by atomic mass is 32.2. The van der Waals surface area contributed by atoms with Gasteiger partial charge in [-0.15, -0.1) is 0 Å². The Morgan fingerprint density at radius 2 is 1.19 bits per heavy atom. The molecule has 5 rings (SSSR count). The number of amides is 6. The number of aliphatic carboxylic acids is 5. The zero-order valence-electron chi connectivity index (χ0n) is 48.8. The van der Waals surface area contributed by atoms with Gasteiger partial charge in [0.05, 0.1) is 77.8 Å². The Morgan fingerprint density at radius 3 is 1.77 bits per heavy atom. The molecule has 28 nitrogen and oxygen atoms in total. The van der Waals surface area contributed by atoms with E-state index < -0.39 is 92.5 Å². The number of nitrogens with zero attached hydrogens (tertiary/aromatic N) is 4. The zero-order chi connectivity index (χ0) is 62.5. The molecular formula is C57H84N10O18S. The lowest BCUT2D eigenvalue weighted by Gasteiger charge is -2.45. The third-order valence-electron chi connectivity index (χ3n) is 14.9. The average molecular weight is 1230 g/mol. The number of benzene rings is 2. The first-order valence-corrected chi connectivity index (χ1v) is 30.0. The largest absolute Gasteiger partial charge is 0.480 e. The molecule has 86 heavy (non-hydrogen) atoms. The van der Waals surface area contributed by atoms with Crippen molar-refractivity contribution < 1.29 is 87.7 Å². The maximum atomic E-state index is 13.6. The Bertz CT molecular complexity index is 2570. The summed E-state index contributed by atoms with van der Waals surface area (Å²) in [5, 5.41) is 66.7. The molecular weight excluding hydrogens is 1140 g/mol. The molecule has 3 fully saturated rings. The van der Waals surface area contributed by atoms with Crippen LogP contribution in [0.15, 0.2) is 42.5 Å². The summed E-state index contributed by atoms with van der Waals surface area (Å²) in [6.45, 7) is -0.628. The van der Waals surface area contributed by atoms with Gasteiger partial charge in [-0.05, 0) is 80.8 Å². The van der Waals surface area contributed by atoms with Crippen LogP contribution in [0.1, 0.15) is 90.5 Å². The van der Waals surface area contributed by atoms with Gasteiger partial charge in [-0.25, -0.2) is 4.79 Å². The van der Waals surface area contributed by atoms with Crippen LogP contribution >= 0.6 is 11.8 Å². The number of carbonyl (C=O) groups excluding carboxylic acids is 5. The molecule has 0 spiro atoms. The summed E-state index contributed by atoms with van der Waals surface area (Å²) in [7, 11) is 3.26. The highest BCUT2D eigenvalue weighted by Gasteiger charge is 2.43. The fourth-order valence-electron chi connectivity index (χ4n) is 10.8. The second-order valence-electron chi connectivity index (χ2n) is 21.5. The van der Waals surface area contributed by atoms with E-state index in [0.29, 0.717) is 113 Å². The molecule has 476 valence electrons. The van der Waals surface area contributed by atoms with E-state index in [1.54, 1.807) is 50.5 Å². The topological polar surface area (TPSA) is 385 Å². The molecule has 2 aliphatic heterocycles. The smallest absolute Gasteiger partial charge is 0.317 e. The van der Waals surface area contributed by atoms with E-state index in [9.17, 15) is 73.5 Å². The van der Waals surface area contributed by atoms with E-state index in [-0.39, 0.29) is 67.1 Å². The van der Waals surface area contributed by atoms with E-state index in [4.69, 9.17) is 14.2 Å². The third-order valence-corrected chi connectivity index (χ3v) is 16.4. The Kier molecular flexibility index (Phi) is 29.8. The molecule has 6 unspecified atom stereocenters. The number of rotatable bonds is 42. The van der Waals surface area contributed by atoms with Gasteiger partial charge in [-0.1, -0.05) is 31.4 Å². The maximum absolute atomic E-state index is 13.6. The molecule has 1 saturated carbocycles. The molecule has 2 aromatic carbocycles. The number of carboxylic acid groups (broad SMARTS) is 5. The van der Waals surface area contributed by atoms with E-state index in [2.05, 4.69) is 31.9 Å². The van der Waals surface area contributed by atoms with Gasteiger partial charge in [0.15, 0.2) is 0 Å². The van der Waals surface area contributed by atoms with Gasteiger partial charge in [0, 0.05) is 105 Å². The van der Waals surface area contributed by atoms with Crippen molar-refractivity contribution >= 4 is 82.6 Å². The number of carbonyl (C=O) groups is 10. The van der Waals surface area contributed by atoms with Crippen LogP contribution in [0.2, 0.25) is 0 Å². The van der Waals surface area contributed by atoms with E-state index >= 15 is 0 Å². The molecule has 0 bridgehead atoms. The van der Waals surface area contributed by atoms with Crippen molar-refractivity contribution in [1.29, 1.82) is 0 Å². The first-order valence-electron chi connectivity index (χ1n) is 28.9. The van der Waals surface area contributed by atoms with Crippen molar-refractivity contribution in [1.82, 2.24) is 40.9 Å². The minimum atomic E-state index is -1.33. The zero-order valence-corrected chi connectivity index (χ0v) is 49.7. The van der Waals surface area contributed by atoms with Gasteiger partial charge in [-0.3, -0.25) is 57.9 Å². The molecule has 2 saturated heterocycles. The van der Waals surface area contributed by atoms with Crippen LogP contribution in [0.4, 0.5) is 16.2 Å². The third kappa shape index (κ3) is 24.7. The molecule has 3 aliphatic rings. The molecule has 0 aromatic heterocycles. The van der Waals surface area contributed by atoms with Crippen LogP contribution in [-0.4, -0.2) is 258 Å². The number of nitrogens with one attached hydrogen (secondary N) is 6. The van der Waals surface area contributed by atoms with Crippen LogP contribution in [0, 0.1) is 0 Å². The van der Waals surface area contributed by atoms with Gasteiger partial charge < -0.3 is 76.5 Å². The van der Waals surface area contributed by atoms with Crippen molar-refractivity contribution in [3.8, 4) is 0 Å². The Morgan fingerprint density at radius 1 is 0.640 bits per heavy atom. The van der Waals surface area contributed by atoms with Gasteiger partial charge >= 0.3 is 35.9 Å². The van der Waals surface area contributed by atoms with Crippen LogP contribution in [0.5, 0.6) is 0 Å². The number of anilines is 2. The summed E-state index contributed by atoms with van der Waals surface area (Å²) in [6.07, 6.45) is 5.96.